The van der Waals surface area contributed by atoms with Gasteiger partial charge in [-0.05, 0) is 17.7 Å². The normalized spacial score (nSPS) is 22.8. The van der Waals surface area contributed by atoms with E-state index in [4.69, 9.17) is 4.74 Å². The Balaban J connectivity index is 1.63. The second-order valence-electron chi connectivity index (χ2n) is 6.33. The van der Waals surface area contributed by atoms with Crippen LogP contribution in [0.3, 0.4) is 0 Å². The molecule has 2 aromatic rings. The summed E-state index contributed by atoms with van der Waals surface area (Å²) in [6.07, 6.45) is 1.85. The van der Waals surface area contributed by atoms with Gasteiger partial charge >= 0.3 is 0 Å². The molecule has 0 aliphatic carbocycles. The number of rotatable bonds is 3. The van der Waals surface area contributed by atoms with Crippen molar-refractivity contribution in [3.8, 4) is 5.75 Å². The Morgan fingerprint density at radius 3 is 2.88 bits per heavy atom. The van der Waals surface area contributed by atoms with Gasteiger partial charge in [0.05, 0.1) is 24.8 Å². The van der Waals surface area contributed by atoms with Gasteiger partial charge < -0.3 is 9.72 Å². The standard InChI is InChI=1S/C18H23N3OS2/c1-22-15-4-2-3-13(7-15)16-8-21(9-17-18(16)20-12-19-17)14-10-23-5-6-24-11-14/h2-4,7,12,14,16H,5-6,8-11H2,1H3,(H,19,20). The third-order valence-electron chi connectivity index (χ3n) is 4.87. The van der Waals surface area contributed by atoms with Crippen LogP contribution in [0.1, 0.15) is 22.9 Å². The van der Waals surface area contributed by atoms with Gasteiger partial charge in [0.2, 0.25) is 0 Å². The van der Waals surface area contributed by atoms with Gasteiger partial charge in [0.15, 0.2) is 0 Å². The number of nitrogens with one attached hydrogen (secondary N) is 1. The quantitative estimate of drug-likeness (QED) is 0.909. The summed E-state index contributed by atoms with van der Waals surface area (Å²) < 4.78 is 5.43. The predicted octanol–water partition coefficient (Wildman–Crippen LogP) is 3.21. The highest BCUT2D eigenvalue weighted by Gasteiger charge is 2.33. The number of imidazole rings is 1. The maximum absolute atomic E-state index is 5.43. The molecule has 2 aliphatic heterocycles. The van der Waals surface area contributed by atoms with E-state index in [1.807, 2.05) is 12.4 Å². The first-order valence-corrected chi connectivity index (χ1v) is 10.7. The van der Waals surface area contributed by atoms with Crippen LogP contribution < -0.4 is 4.74 Å². The van der Waals surface area contributed by atoms with E-state index in [0.29, 0.717) is 12.0 Å². The molecular weight excluding hydrogens is 338 g/mol. The molecule has 0 saturated carbocycles. The lowest BCUT2D eigenvalue weighted by Gasteiger charge is -2.37. The number of benzene rings is 1. The summed E-state index contributed by atoms with van der Waals surface area (Å²) in [4.78, 5) is 10.7. The number of hydrogen-bond acceptors (Lipinski definition) is 5. The lowest BCUT2D eigenvalue weighted by molar-refractivity contribution is 0.195. The van der Waals surface area contributed by atoms with Crippen LogP contribution in [-0.2, 0) is 6.54 Å². The highest BCUT2D eigenvalue weighted by molar-refractivity contribution is 8.03. The van der Waals surface area contributed by atoms with Crippen LogP contribution in [0.2, 0.25) is 0 Å². The van der Waals surface area contributed by atoms with E-state index in [-0.39, 0.29) is 0 Å². The SMILES string of the molecule is COc1cccc(C2CN(C3CSCCSC3)Cc3[nH]cnc32)c1. The van der Waals surface area contributed by atoms with E-state index in [9.17, 15) is 0 Å². The van der Waals surface area contributed by atoms with Crippen molar-refractivity contribution in [2.75, 3.05) is 36.7 Å². The molecule has 0 spiro atoms. The Morgan fingerprint density at radius 1 is 1.25 bits per heavy atom. The van der Waals surface area contributed by atoms with E-state index in [1.165, 1.54) is 40.0 Å². The number of thioether (sulfide) groups is 2. The monoisotopic (exact) mass is 361 g/mol. The van der Waals surface area contributed by atoms with Crippen LogP contribution in [0.25, 0.3) is 0 Å². The fourth-order valence-electron chi connectivity index (χ4n) is 3.56. The third kappa shape index (κ3) is 3.32. The minimum atomic E-state index is 0.313. The maximum atomic E-state index is 5.43. The largest absolute Gasteiger partial charge is 0.497 e. The van der Waals surface area contributed by atoms with Crippen molar-refractivity contribution in [3.63, 3.8) is 0 Å². The molecule has 1 N–H and O–H groups in total. The lowest BCUT2D eigenvalue weighted by atomic mass is 9.90. The molecule has 0 radical (unpaired) electrons. The average Bonchev–Trinajstić information content (AvgIpc) is 2.94. The van der Waals surface area contributed by atoms with Crippen LogP contribution in [0.4, 0.5) is 0 Å². The Morgan fingerprint density at radius 2 is 2.08 bits per heavy atom. The minimum Gasteiger partial charge on any atom is -0.497 e. The zero-order valence-electron chi connectivity index (χ0n) is 13.9. The zero-order valence-corrected chi connectivity index (χ0v) is 15.5. The summed E-state index contributed by atoms with van der Waals surface area (Å²) >= 11 is 4.19. The molecular formula is C18H23N3OS2. The molecule has 0 bridgehead atoms. The first-order valence-electron chi connectivity index (χ1n) is 8.41. The highest BCUT2D eigenvalue weighted by atomic mass is 32.2. The van der Waals surface area contributed by atoms with E-state index >= 15 is 0 Å². The number of H-pyrrole nitrogens is 1. The van der Waals surface area contributed by atoms with Gasteiger partial charge in [-0.1, -0.05) is 12.1 Å². The second kappa shape index (κ2) is 7.42. The van der Waals surface area contributed by atoms with Gasteiger partial charge in [0.25, 0.3) is 0 Å². The highest BCUT2D eigenvalue weighted by Crippen LogP contribution is 2.35. The number of fused-ring (bicyclic) bond motifs is 1. The van der Waals surface area contributed by atoms with E-state index in [2.05, 4.69) is 56.6 Å². The fraction of sp³-hybridized carbons (Fsp3) is 0.500. The van der Waals surface area contributed by atoms with Gasteiger partial charge in [-0.2, -0.15) is 23.5 Å². The van der Waals surface area contributed by atoms with Crippen molar-refractivity contribution in [2.45, 2.75) is 18.5 Å². The van der Waals surface area contributed by atoms with Crippen LogP contribution in [0.15, 0.2) is 30.6 Å². The van der Waals surface area contributed by atoms with Crippen molar-refractivity contribution in [1.82, 2.24) is 14.9 Å². The summed E-state index contributed by atoms with van der Waals surface area (Å²) in [5, 5.41) is 0. The molecule has 1 aromatic carbocycles. The molecule has 1 saturated heterocycles. The number of hydrogen-bond donors (Lipinski definition) is 1. The fourth-order valence-corrected chi connectivity index (χ4v) is 6.19. The molecule has 1 aromatic heterocycles. The van der Waals surface area contributed by atoms with Crippen molar-refractivity contribution in [2.24, 2.45) is 0 Å². The summed E-state index contributed by atoms with van der Waals surface area (Å²) in [7, 11) is 1.73. The molecule has 4 rings (SSSR count). The smallest absolute Gasteiger partial charge is 0.119 e. The molecule has 4 nitrogen and oxygen atoms in total. The molecule has 2 aliphatic rings. The van der Waals surface area contributed by atoms with E-state index in [0.717, 1.165) is 18.8 Å². The molecule has 3 heterocycles. The predicted molar refractivity (Wildman–Crippen MR) is 102 cm³/mol. The van der Waals surface area contributed by atoms with E-state index < -0.39 is 0 Å². The Bertz CT molecular complexity index is 682. The van der Waals surface area contributed by atoms with Gasteiger partial charge in [-0.25, -0.2) is 4.98 Å². The number of aromatic nitrogens is 2. The van der Waals surface area contributed by atoms with Crippen molar-refractivity contribution in [3.05, 3.63) is 47.5 Å². The number of nitrogens with zero attached hydrogens (tertiary/aromatic N) is 2. The summed E-state index contributed by atoms with van der Waals surface area (Å²) in [5.41, 5.74) is 3.77. The second-order valence-corrected chi connectivity index (χ2v) is 8.63. The van der Waals surface area contributed by atoms with Crippen LogP contribution in [-0.4, -0.2) is 57.6 Å². The molecule has 128 valence electrons. The first kappa shape index (κ1) is 16.4. The zero-order chi connectivity index (χ0) is 16.4. The van der Waals surface area contributed by atoms with Crippen molar-refractivity contribution in [1.29, 1.82) is 0 Å². The molecule has 24 heavy (non-hydrogen) atoms. The topological polar surface area (TPSA) is 41.1 Å². The molecule has 1 fully saturated rings. The lowest BCUT2D eigenvalue weighted by Crippen LogP contribution is -2.44. The van der Waals surface area contributed by atoms with Crippen molar-refractivity contribution >= 4 is 23.5 Å². The van der Waals surface area contributed by atoms with Gasteiger partial charge in [0.1, 0.15) is 5.75 Å². The Labute approximate surface area is 151 Å². The maximum Gasteiger partial charge on any atom is 0.119 e. The molecule has 0 amide bonds. The summed E-state index contributed by atoms with van der Waals surface area (Å²) in [5.74, 6) is 6.27. The number of methoxy groups -OCH3 is 1. The van der Waals surface area contributed by atoms with Crippen molar-refractivity contribution < 1.29 is 4.74 Å². The Hall–Kier alpha value is -1.11. The average molecular weight is 362 g/mol. The molecule has 6 heteroatoms. The molecule has 1 atom stereocenters. The van der Waals surface area contributed by atoms with Crippen LogP contribution in [0, 0.1) is 0 Å². The van der Waals surface area contributed by atoms with E-state index in [1.54, 1.807) is 7.11 Å². The third-order valence-corrected chi connectivity index (χ3v) is 7.35. The van der Waals surface area contributed by atoms with Crippen LogP contribution >= 0.6 is 23.5 Å². The number of ether oxygens (including phenoxy) is 1. The molecule has 1 unspecified atom stereocenters. The van der Waals surface area contributed by atoms with Gasteiger partial charge in [0, 0.05) is 48.1 Å². The first-order chi connectivity index (χ1) is 11.8. The number of aromatic amines is 1. The van der Waals surface area contributed by atoms with Crippen LogP contribution in [0.5, 0.6) is 5.75 Å². The Kier molecular flexibility index (Phi) is 5.06. The summed E-state index contributed by atoms with van der Waals surface area (Å²) in [6.45, 7) is 2.03. The van der Waals surface area contributed by atoms with Gasteiger partial charge in [-0.15, -0.1) is 0 Å². The minimum absolute atomic E-state index is 0.313. The summed E-state index contributed by atoms with van der Waals surface area (Å²) in [6, 6.07) is 9.09. The van der Waals surface area contributed by atoms with Gasteiger partial charge in [-0.3, -0.25) is 4.90 Å².